The summed E-state index contributed by atoms with van der Waals surface area (Å²) >= 11 is 0. The van der Waals surface area contributed by atoms with Crippen LogP contribution in [0.5, 0.6) is 5.75 Å². The van der Waals surface area contributed by atoms with Crippen LogP contribution in [0, 0.1) is 0 Å². The first-order chi connectivity index (χ1) is 17.6. The molecule has 37 heavy (non-hydrogen) atoms. The van der Waals surface area contributed by atoms with Crippen LogP contribution < -0.4 is 20.2 Å². The van der Waals surface area contributed by atoms with Gasteiger partial charge in [-0.2, -0.15) is 0 Å². The Labute approximate surface area is 222 Å². The average Bonchev–Trinajstić information content (AvgIpc) is 2.88. The summed E-state index contributed by atoms with van der Waals surface area (Å²) in [6.45, 7) is 10.3. The molecule has 0 saturated carbocycles. The second kappa shape index (κ2) is 11.5. The van der Waals surface area contributed by atoms with E-state index in [0.29, 0.717) is 12.4 Å². The lowest BCUT2D eigenvalue weighted by Crippen LogP contribution is -2.67. The average molecular weight is 539 g/mol. The summed E-state index contributed by atoms with van der Waals surface area (Å²) in [4.78, 5) is 2.54. The number of hydrogen-bond donors (Lipinski definition) is 1. The maximum atomic E-state index is 11.5. The van der Waals surface area contributed by atoms with Gasteiger partial charge in [-0.25, -0.2) is 13.6 Å². The van der Waals surface area contributed by atoms with Gasteiger partial charge in [0.2, 0.25) is 10.0 Å². The normalized spacial score (nSPS) is 16.0. The molecule has 1 saturated heterocycles. The highest BCUT2D eigenvalue weighted by Crippen LogP contribution is 2.36. The highest BCUT2D eigenvalue weighted by Gasteiger charge is 2.50. The number of hydrogen-bond acceptors (Lipinski definition) is 5. The van der Waals surface area contributed by atoms with Crippen LogP contribution in [-0.4, -0.2) is 54.0 Å². The van der Waals surface area contributed by atoms with Gasteiger partial charge in [0.1, 0.15) is 11.9 Å². The Kier molecular flexibility index (Phi) is 8.55. The van der Waals surface area contributed by atoms with Crippen molar-refractivity contribution in [1.29, 1.82) is 0 Å². The molecule has 1 aliphatic heterocycles. The summed E-state index contributed by atoms with van der Waals surface area (Å²) in [5.41, 5.74) is 0. The molecule has 1 aliphatic rings. The fraction of sp³-hybridized carbons (Fsp3) is 0.379. The third kappa shape index (κ3) is 6.51. The Bertz CT molecular complexity index is 1200. The van der Waals surface area contributed by atoms with Crippen LogP contribution in [0.15, 0.2) is 89.8 Å². The zero-order valence-electron chi connectivity index (χ0n) is 22.0. The minimum atomic E-state index is -3.70. The van der Waals surface area contributed by atoms with E-state index in [1.54, 1.807) is 12.1 Å². The number of nitrogens with zero attached hydrogens (tertiary/aromatic N) is 1. The molecule has 3 aromatic rings. The van der Waals surface area contributed by atoms with E-state index in [0.717, 1.165) is 32.5 Å². The topological polar surface area (TPSA) is 81.9 Å². The van der Waals surface area contributed by atoms with E-state index >= 15 is 0 Å². The maximum absolute atomic E-state index is 11.5. The summed E-state index contributed by atoms with van der Waals surface area (Å²) in [6.07, 6.45) is 1.93. The second-order valence-electron chi connectivity index (χ2n) is 10.7. The molecular weight excluding hydrogens is 500 g/mol. The van der Waals surface area contributed by atoms with Crippen LogP contribution in [0.3, 0.4) is 0 Å². The predicted octanol–water partition coefficient (Wildman–Crippen LogP) is 3.75. The van der Waals surface area contributed by atoms with Crippen LogP contribution >= 0.6 is 0 Å². The number of nitrogens with two attached hydrogens (primary N) is 1. The van der Waals surface area contributed by atoms with E-state index in [1.807, 2.05) is 0 Å². The van der Waals surface area contributed by atoms with Crippen molar-refractivity contribution in [2.75, 3.05) is 26.2 Å². The Morgan fingerprint density at radius 3 is 1.84 bits per heavy atom. The molecule has 0 aromatic heterocycles. The molecule has 8 heteroatoms. The predicted molar refractivity (Wildman–Crippen MR) is 151 cm³/mol. The molecule has 0 radical (unpaired) electrons. The molecule has 1 heterocycles. The van der Waals surface area contributed by atoms with Gasteiger partial charge in [-0.05, 0) is 52.5 Å². The van der Waals surface area contributed by atoms with Crippen molar-refractivity contribution >= 4 is 28.7 Å². The molecule has 1 fully saturated rings. The van der Waals surface area contributed by atoms with E-state index in [2.05, 4.69) is 86.3 Å². The molecule has 0 aliphatic carbocycles. The molecule has 0 bridgehead atoms. The van der Waals surface area contributed by atoms with Gasteiger partial charge in [-0.15, -0.1) is 0 Å². The van der Waals surface area contributed by atoms with Gasteiger partial charge in [0, 0.05) is 26.2 Å². The lowest BCUT2D eigenvalue weighted by atomic mass is 10.1. The smallest absolute Gasteiger partial charge is 0.261 e. The van der Waals surface area contributed by atoms with Crippen molar-refractivity contribution < 1.29 is 17.6 Å². The summed E-state index contributed by atoms with van der Waals surface area (Å²) in [5, 5.41) is 7.75. The zero-order valence-corrected chi connectivity index (χ0v) is 23.8. The van der Waals surface area contributed by atoms with E-state index < -0.39 is 18.3 Å². The summed E-state index contributed by atoms with van der Waals surface area (Å²) in [7, 11) is -6.22. The molecule has 0 spiro atoms. The summed E-state index contributed by atoms with van der Waals surface area (Å²) < 4.78 is 36.1. The number of likely N-dealkylation sites (tertiary alicyclic amines) is 1. The first-order valence-electron chi connectivity index (χ1n) is 12.9. The van der Waals surface area contributed by atoms with Crippen molar-refractivity contribution in [2.24, 2.45) is 5.14 Å². The molecule has 198 valence electrons. The Morgan fingerprint density at radius 2 is 1.38 bits per heavy atom. The first kappa shape index (κ1) is 27.5. The first-order valence-corrected chi connectivity index (χ1v) is 16.3. The minimum absolute atomic E-state index is 0.0324. The Balaban J connectivity index is 1.37. The van der Waals surface area contributed by atoms with Crippen LogP contribution in [0.4, 0.5) is 0 Å². The molecule has 0 amide bonds. The van der Waals surface area contributed by atoms with Crippen molar-refractivity contribution in [2.45, 2.75) is 49.7 Å². The van der Waals surface area contributed by atoms with Crippen molar-refractivity contribution in [3.8, 4) is 5.75 Å². The number of piperidine rings is 1. The highest BCUT2D eigenvalue weighted by molar-refractivity contribution is 7.89. The summed E-state index contributed by atoms with van der Waals surface area (Å²) in [5.74, 6) is 0.667. The Morgan fingerprint density at radius 1 is 0.865 bits per heavy atom. The molecule has 2 N–H and O–H groups in total. The molecule has 4 rings (SSSR count). The fourth-order valence-corrected chi connectivity index (χ4v) is 10.3. The zero-order chi connectivity index (χ0) is 26.5. The van der Waals surface area contributed by atoms with Crippen LogP contribution in [0.25, 0.3) is 0 Å². The lowest BCUT2D eigenvalue weighted by Gasteiger charge is -2.43. The monoisotopic (exact) mass is 538 g/mol. The van der Waals surface area contributed by atoms with Gasteiger partial charge >= 0.3 is 0 Å². The van der Waals surface area contributed by atoms with Crippen molar-refractivity contribution in [3.05, 3.63) is 84.9 Å². The van der Waals surface area contributed by atoms with Gasteiger partial charge in [-0.1, -0.05) is 81.4 Å². The van der Waals surface area contributed by atoms with E-state index in [1.165, 1.54) is 22.5 Å². The number of rotatable bonds is 9. The van der Waals surface area contributed by atoms with E-state index in [9.17, 15) is 8.42 Å². The van der Waals surface area contributed by atoms with Gasteiger partial charge in [-0.3, -0.25) is 0 Å². The van der Waals surface area contributed by atoms with Gasteiger partial charge < -0.3 is 14.1 Å². The van der Waals surface area contributed by atoms with Gasteiger partial charge in [0.15, 0.2) is 0 Å². The number of primary sulfonamides is 1. The third-order valence-electron chi connectivity index (χ3n) is 7.13. The quantitative estimate of drug-likeness (QED) is 0.420. The number of benzene rings is 3. The van der Waals surface area contributed by atoms with Crippen molar-refractivity contribution in [3.63, 3.8) is 0 Å². The lowest BCUT2D eigenvalue weighted by molar-refractivity contribution is 0.0904. The van der Waals surface area contributed by atoms with Crippen LogP contribution in [0.2, 0.25) is 5.04 Å². The standard InChI is InChI=1S/C29H38N2O4SSi/c1-29(2,3)37(27-10-6-4-7-11-27,28-12-8-5-9-13-28)34-23-22-31-20-18-25(19-21-31)35-24-14-16-26(17-15-24)36(30,32)33/h4-17,25H,18-23H2,1-3H3,(H2,30,32,33). The number of sulfonamides is 1. The van der Waals surface area contributed by atoms with E-state index in [4.69, 9.17) is 14.3 Å². The Hall–Kier alpha value is -2.49. The fourth-order valence-electron chi connectivity index (χ4n) is 5.24. The van der Waals surface area contributed by atoms with Crippen LogP contribution in [-0.2, 0) is 14.4 Å². The SMILES string of the molecule is CC(C)(C)[Si](OCCN1CCC(Oc2ccc(S(N)(=O)=O)cc2)CC1)(c1ccccc1)c1ccccc1. The molecule has 6 nitrogen and oxygen atoms in total. The highest BCUT2D eigenvalue weighted by atomic mass is 32.2. The molecule has 3 aromatic carbocycles. The van der Waals surface area contributed by atoms with Gasteiger partial charge in [0.25, 0.3) is 8.32 Å². The van der Waals surface area contributed by atoms with Gasteiger partial charge in [0.05, 0.1) is 4.90 Å². The van der Waals surface area contributed by atoms with Crippen molar-refractivity contribution in [1.82, 2.24) is 4.90 Å². The second-order valence-corrected chi connectivity index (χ2v) is 16.6. The number of ether oxygens (including phenoxy) is 1. The largest absolute Gasteiger partial charge is 0.490 e. The third-order valence-corrected chi connectivity index (χ3v) is 13.1. The van der Waals surface area contributed by atoms with Crippen LogP contribution in [0.1, 0.15) is 33.6 Å². The molecule has 0 unspecified atom stereocenters. The molecular formula is C29H38N2O4SSi. The maximum Gasteiger partial charge on any atom is 0.261 e. The van der Waals surface area contributed by atoms with E-state index in [-0.39, 0.29) is 16.0 Å². The molecule has 0 atom stereocenters. The minimum Gasteiger partial charge on any atom is -0.490 e. The summed E-state index contributed by atoms with van der Waals surface area (Å²) in [6, 6.07) is 27.8.